The number of likely N-dealkylation sites (tertiary alicyclic amines) is 1. The first kappa shape index (κ1) is 22.6. The van der Waals surface area contributed by atoms with Gasteiger partial charge in [0, 0.05) is 35.3 Å². The van der Waals surface area contributed by atoms with Gasteiger partial charge in [0.25, 0.3) is 5.92 Å². The molecule has 5 rings (SSSR count). The molecule has 34 heavy (non-hydrogen) atoms. The van der Waals surface area contributed by atoms with E-state index in [1.807, 2.05) is 11.0 Å². The molecular formula is C25H24F2N4O2S. The summed E-state index contributed by atoms with van der Waals surface area (Å²) in [5.74, 6) is -2.90. The molecule has 0 bridgehead atoms. The van der Waals surface area contributed by atoms with Gasteiger partial charge in [0.15, 0.2) is 15.5 Å². The van der Waals surface area contributed by atoms with Crippen LogP contribution in [-0.2, 0) is 15.8 Å². The molecule has 4 aromatic rings. The van der Waals surface area contributed by atoms with E-state index in [-0.39, 0.29) is 17.0 Å². The largest absolute Gasteiger partial charge is 0.297 e. The van der Waals surface area contributed by atoms with E-state index in [4.69, 9.17) is 0 Å². The molecule has 176 valence electrons. The molecule has 0 saturated carbocycles. The normalized spacial score (nSPS) is 15.3. The first-order chi connectivity index (χ1) is 16.2. The summed E-state index contributed by atoms with van der Waals surface area (Å²) in [6.45, 7) is 1.20. The van der Waals surface area contributed by atoms with Crippen LogP contribution in [0.1, 0.15) is 18.4 Å². The molecule has 0 N–H and O–H groups in total. The number of benzene rings is 2. The Bertz CT molecular complexity index is 1440. The maximum atomic E-state index is 14.7. The first-order valence-electron chi connectivity index (χ1n) is 11.1. The topological polar surface area (TPSA) is 67.6 Å². The van der Waals surface area contributed by atoms with Crippen molar-refractivity contribution in [2.45, 2.75) is 23.7 Å². The number of sulfone groups is 1. The van der Waals surface area contributed by atoms with Crippen LogP contribution >= 0.6 is 0 Å². The number of aromatic nitrogens is 3. The van der Waals surface area contributed by atoms with Gasteiger partial charge in [0.1, 0.15) is 0 Å². The Balaban J connectivity index is 1.41. The van der Waals surface area contributed by atoms with E-state index in [1.54, 1.807) is 53.4 Å². The Morgan fingerprint density at radius 1 is 0.971 bits per heavy atom. The van der Waals surface area contributed by atoms with E-state index in [9.17, 15) is 17.2 Å². The smallest absolute Gasteiger partial charge is 0.285 e. The third-order valence-corrected chi connectivity index (χ3v) is 7.30. The van der Waals surface area contributed by atoms with Crippen molar-refractivity contribution in [1.82, 2.24) is 19.5 Å². The van der Waals surface area contributed by atoms with E-state index in [1.165, 1.54) is 18.4 Å². The van der Waals surface area contributed by atoms with Crippen molar-refractivity contribution in [3.63, 3.8) is 0 Å². The number of hydrogen-bond donors (Lipinski definition) is 0. The van der Waals surface area contributed by atoms with E-state index in [0.29, 0.717) is 16.8 Å². The van der Waals surface area contributed by atoms with Crippen LogP contribution in [0.15, 0.2) is 72.0 Å². The number of halogens is 2. The van der Waals surface area contributed by atoms with E-state index in [0.717, 1.165) is 37.1 Å². The van der Waals surface area contributed by atoms with Crippen molar-refractivity contribution in [3.05, 3.63) is 72.7 Å². The average molecular weight is 483 g/mol. The second kappa shape index (κ2) is 8.56. The van der Waals surface area contributed by atoms with Crippen molar-refractivity contribution in [3.8, 4) is 22.3 Å². The first-order valence-corrected chi connectivity index (χ1v) is 12.9. The summed E-state index contributed by atoms with van der Waals surface area (Å²) < 4.78 is 54.8. The third kappa shape index (κ3) is 4.45. The predicted molar refractivity (Wildman–Crippen MR) is 127 cm³/mol. The average Bonchev–Trinajstić information content (AvgIpc) is 3.48. The second-order valence-corrected chi connectivity index (χ2v) is 10.7. The lowest BCUT2D eigenvalue weighted by Crippen LogP contribution is -2.33. The molecule has 6 nitrogen and oxygen atoms in total. The maximum absolute atomic E-state index is 14.7. The van der Waals surface area contributed by atoms with Crippen LogP contribution in [0.3, 0.4) is 0 Å². The monoisotopic (exact) mass is 482 g/mol. The number of hydrogen-bond acceptors (Lipinski definition) is 5. The quantitative estimate of drug-likeness (QED) is 0.400. The molecule has 1 fully saturated rings. The van der Waals surface area contributed by atoms with E-state index >= 15 is 0 Å². The molecule has 2 aromatic carbocycles. The van der Waals surface area contributed by atoms with Gasteiger partial charge >= 0.3 is 0 Å². The van der Waals surface area contributed by atoms with Crippen LogP contribution in [0.5, 0.6) is 0 Å². The number of rotatable bonds is 6. The fourth-order valence-electron chi connectivity index (χ4n) is 4.34. The van der Waals surface area contributed by atoms with Crippen molar-refractivity contribution in [2.75, 3.05) is 25.9 Å². The highest BCUT2D eigenvalue weighted by atomic mass is 32.2. The minimum absolute atomic E-state index is 0.00400. The highest BCUT2D eigenvalue weighted by Crippen LogP contribution is 2.32. The molecule has 1 aliphatic rings. The lowest BCUT2D eigenvalue weighted by molar-refractivity contribution is -0.0327. The zero-order chi connectivity index (χ0) is 23.9. The Morgan fingerprint density at radius 2 is 1.71 bits per heavy atom. The van der Waals surface area contributed by atoms with Crippen molar-refractivity contribution >= 4 is 15.5 Å². The molecule has 0 atom stereocenters. The Hall–Kier alpha value is -3.17. The third-order valence-electron chi connectivity index (χ3n) is 6.19. The van der Waals surface area contributed by atoms with Gasteiger partial charge in [-0.1, -0.05) is 36.4 Å². The van der Waals surface area contributed by atoms with Crippen LogP contribution in [0.4, 0.5) is 8.78 Å². The minimum atomic E-state index is -3.34. The van der Waals surface area contributed by atoms with Crippen LogP contribution in [-0.4, -0.2) is 53.8 Å². The molecule has 1 saturated heterocycles. The van der Waals surface area contributed by atoms with Crippen molar-refractivity contribution in [2.24, 2.45) is 0 Å². The fraction of sp³-hybridized carbons (Fsp3) is 0.280. The molecule has 0 radical (unpaired) electrons. The van der Waals surface area contributed by atoms with Gasteiger partial charge in [-0.05, 0) is 49.2 Å². The molecule has 2 aromatic heterocycles. The van der Waals surface area contributed by atoms with Gasteiger partial charge in [-0.25, -0.2) is 17.9 Å². The summed E-state index contributed by atoms with van der Waals surface area (Å²) in [6.07, 6.45) is 8.20. The Kier molecular flexibility index (Phi) is 5.69. The summed E-state index contributed by atoms with van der Waals surface area (Å²) in [7, 11) is -3.34. The second-order valence-electron chi connectivity index (χ2n) is 8.73. The van der Waals surface area contributed by atoms with Gasteiger partial charge in [0.2, 0.25) is 0 Å². The predicted octanol–water partition coefficient (Wildman–Crippen LogP) is 4.65. The molecule has 3 heterocycles. The molecular weight excluding hydrogens is 458 g/mol. The fourth-order valence-corrected chi connectivity index (χ4v) is 5.01. The molecule has 0 spiro atoms. The van der Waals surface area contributed by atoms with Crippen molar-refractivity contribution in [1.29, 1.82) is 0 Å². The van der Waals surface area contributed by atoms with E-state index in [2.05, 4.69) is 10.1 Å². The minimum Gasteiger partial charge on any atom is -0.297 e. The van der Waals surface area contributed by atoms with Gasteiger partial charge in [-0.2, -0.15) is 13.9 Å². The lowest BCUT2D eigenvalue weighted by atomic mass is 10.0. The number of nitrogens with zero attached hydrogens (tertiary/aromatic N) is 4. The van der Waals surface area contributed by atoms with Gasteiger partial charge in [-0.15, -0.1) is 0 Å². The Morgan fingerprint density at radius 3 is 2.41 bits per heavy atom. The van der Waals surface area contributed by atoms with Gasteiger partial charge in [-0.3, -0.25) is 4.90 Å². The van der Waals surface area contributed by atoms with Gasteiger partial charge < -0.3 is 0 Å². The SMILES string of the molecule is CS(=O)(=O)c1cccc(-c2cnn3cc(-c4ccc(C(F)(F)CN5CCCC5)cc4)cnc23)c1. The summed E-state index contributed by atoms with van der Waals surface area (Å²) in [4.78, 5) is 6.56. The zero-order valence-corrected chi connectivity index (χ0v) is 19.5. The lowest BCUT2D eigenvalue weighted by Gasteiger charge is -2.23. The highest BCUT2D eigenvalue weighted by Gasteiger charge is 2.34. The van der Waals surface area contributed by atoms with Crippen LogP contribution in [0, 0.1) is 0 Å². The molecule has 9 heteroatoms. The van der Waals surface area contributed by atoms with Crippen LogP contribution in [0.25, 0.3) is 27.9 Å². The van der Waals surface area contributed by atoms with Crippen LogP contribution < -0.4 is 0 Å². The maximum Gasteiger partial charge on any atom is 0.285 e. The van der Waals surface area contributed by atoms with Gasteiger partial charge in [0.05, 0.1) is 17.6 Å². The zero-order valence-electron chi connectivity index (χ0n) is 18.7. The van der Waals surface area contributed by atoms with Crippen LogP contribution in [0.2, 0.25) is 0 Å². The summed E-state index contributed by atoms with van der Waals surface area (Å²) in [6, 6.07) is 12.9. The standard InChI is InChI=1S/C25H24F2N4O2S/c1-34(32,33)22-6-4-5-19(13-22)23-15-29-31-16-20(14-28-24(23)31)18-7-9-21(10-8-18)25(26,27)17-30-11-2-3-12-30/h4-10,13-16H,2-3,11-12,17H2,1H3. The Labute approximate surface area is 196 Å². The molecule has 0 aliphatic carbocycles. The summed E-state index contributed by atoms with van der Waals surface area (Å²) in [5, 5.41) is 4.37. The number of alkyl halides is 2. The van der Waals surface area contributed by atoms with Crippen molar-refractivity contribution < 1.29 is 17.2 Å². The summed E-state index contributed by atoms with van der Waals surface area (Å²) >= 11 is 0. The highest BCUT2D eigenvalue weighted by molar-refractivity contribution is 7.90. The molecule has 0 amide bonds. The number of fused-ring (bicyclic) bond motifs is 1. The molecule has 0 unspecified atom stereocenters. The molecule has 1 aliphatic heterocycles. The summed E-state index contributed by atoms with van der Waals surface area (Å²) in [5.41, 5.74) is 3.47. The van der Waals surface area contributed by atoms with E-state index < -0.39 is 15.8 Å².